The highest BCUT2D eigenvalue weighted by Gasteiger charge is 2.18. The molecule has 1 aliphatic heterocycles. The molecule has 2 N–H and O–H groups in total. The van der Waals surface area contributed by atoms with E-state index in [4.69, 9.17) is 4.74 Å². The van der Waals surface area contributed by atoms with Gasteiger partial charge in [-0.1, -0.05) is 30.3 Å². The summed E-state index contributed by atoms with van der Waals surface area (Å²) in [7, 11) is 0. The molecular formula is C22H24N4O3. The van der Waals surface area contributed by atoms with Crippen LogP contribution in [0.4, 0.5) is 0 Å². The highest BCUT2D eigenvalue weighted by atomic mass is 16.5. The fraction of sp³-hybridized carbons (Fsp3) is 0.318. The minimum Gasteiger partial charge on any atom is -0.376 e. The van der Waals surface area contributed by atoms with Crippen molar-refractivity contribution in [3.05, 3.63) is 66.0 Å². The first kappa shape index (κ1) is 19.1. The fourth-order valence-electron chi connectivity index (χ4n) is 3.52. The fourth-order valence-corrected chi connectivity index (χ4v) is 3.52. The second kappa shape index (κ2) is 8.87. The maximum Gasteiger partial charge on any atom is 0.251 e. The van der Waals surface area contributed by atoms with Crippen LogP contribution in [-0.4, -0.2) is 40.6 Å². The molecule has 0 aliphatic carbocycles. The van der Waals surface area contributed by atoms with Gasteiger partial charge in [0.15, 0.2) is 0 Å². The van der Waals surface area contributed by atoms with Crippen molar-refractivity contribution in [2.24, 2.45) is 0 Å². The quantitative estimate of drug-likeness (QED) is 0.646. The number of hydrogen-bond acceptors (Lipinski definition) is 4. The highest BCUT2D eigenvalue weighted by molar-refractivity contribution is 5.94. The van der Waals surface area contributed by atoms with E-state index in [0.717, 1.165) is 30.5 Å². The monoisotopic (exact) mass is 392 g/mol. The van der Waals surface area contributed by atoms with Crippen LogP contribution in [0.25, 0.3) is 11.0 Å². The number of imidazole rings is 1. The molecule has 7 heteroatoms. The van der Waals surface area contributed by atoms with Crippen molar-refractivity contribution in [3.8, 4) is 0 Å². The molecule has 150 valence electrons. The number of nitrogens with one attached hydrogen (secondary N) is 2. The zero-order chi connectivity index (χ0) is 20.1. The zero-order valence-electron chi connectivity index (χ0n) is 16.1. The van der Waals surface area contributed by atoms with Gasteiger partial charge in [0, 0.05) is 18.7 Å². The van der Waals surface area contributed by atoms with Gasteiger partial charge in [0.2, 0.25) is 5.91 Å². The molecule has 0 bridgehead atoms. The summed E-state index contributed by atoms with van der Waals surface area (Å²) < 4.78 is 7.41. The molecule has 1 aromatic heterocycles. The van der Waals surface area contributed by atoms with Gasteiger partial charge in [-0.2, -0.15) is 0 Å². The lowest BCUT2D eigenvalue weighted by atomic mass is 10.2. The third kappa shape index (κ3) is 4.63. The molecule has 2 heterocycles. The predicted octanol–water partition coefficient (Wildman–Crippen LogP) is 2.26. The minimum atomic E-state index is -0.174. The third-order valence-electron chi connectivity index (χ3n) is 5.03. The maximum atomic E-state index is 12.5. The Morgan fingerprint density at radius 3 is 2.66 bits per heavy atom. The van der Waals surface area contributed by atoms with E-state index >= 15 is 0 Å². The number of nitrogens with zero attached hydrogens (tertiary/aromatic N) is 2. The van der Waals surface area contributed by atoms with Gasteiger partial charge in [-0.05, 0) is 37.1 Å². The van der Waals surface area contributed by atoms with Crippen molar-refractivity contribution in [1.29, 1.82) is 0 Å². The Morgan fingerprint density at radius 1 is 1.07 bits per heavy atom. The first-order valence-corrected chi connectivity index (χ1v) is 9.86. The summed E-state index contributed by atoms with van der Waals surface area (Å²) in [5.74, 6) is 0.370. The van der Waals surface area contributed by atoms with E-state index in [9.17, 15) is 9.59 Å². The number of para-hydroxylation sites is 2. The number of aromatic nitrogens is 2. The lowest BCUT2D eigenvalue weighted by Gasteiger charge is -2.13. The summed E-state index contributed by atoms with van der Waals surface area (Å²) >= 11 is 0. The number of carbonyl (C=O) groups excluding carboxylic acids is 2. The first-order valence-electron chi connectivity index (χ1n) is 9.86. The van der Waals surface area contributed by atoms with E-state index in [1.54, 1.807) is 12.1 Å². The molecular weight excluding hydrogens is 368 g/mol. The molecule has 1 unspecified atom stereocenters. The second-order valence-corrected chi connectivity index (χ2v) is 7.09. The Hall–Kier alpha value is -3.19. The van der Waals surface area contributed by atoms with Gasteiger partial charge in [-0.3, -0.25) is 9.59 Å². The van der Waals surface area contributed by atoms with Crippen LogP contribution < -0.4 is 10.6 Å². The van der Waals surface area contributed by atoms with Crippen LogP contribution >= 0.6 is 0 Å². The van der Waals surface area contributed by atoms with Gasteiger partial charge < -0.3 is 19.9 Å². The van der Waals surface area contributed by atoms with Gasteiger partial charge >= 0.3 is 0 Å². The maximum absolute atomic E-state index is 12.5. The van der Waals surface area contributed by atoms with Crippen molar-refractivity contribution >= 4 is 22.8 Å². The van der Waals surface area contributed by atoms with Crippen LogP contribution in [0.15, 0.2) is 54.6 Å². The largest absolute Gasteiger partial charge is 0.376 e. The number of amides is 2. The molecule has 1 saturated heterocycles. The van der Waals surface area contributed by atoms with E-state index in [1.165, 1.54) is 0 Å². The molecule has 1 aliphatic rings. The standard InChI is InChI=1S/C22H24N4O3/c27-21(23-13-17-9-6-12-29-17)15-26-19-11-5-4-10-18(19)25-20(26)14-24-22(28)16-7-2-1-3-8-16/h1-5,7-8,10-11,17H,6,9,12-15H2,(H,23,27)(H,24,28). The molecule has 7 nitrogen and oxygen atoms in total. The Balaban J connectivity index is 1.46. The molecule has 4 rings (SSSR count). The highest BCUT2D eigenvalue weighted by Crippen LogP contribution is 2.16. The average Bonchev–Trinajstić information content (AvgIpc) is 3.39. The van der Waals surface area contributed by atoms with Crippen LogP contribution in [0.1, 0.15) is 29.0 Å². The molecule has 1 atom stereocenters. The van der Waals surface area contributed by atoms with Gasteiger partial charge in [0.25, 0.3) is 5.91 Å². The topological polar surface area (TPSA) is 85.2 Å². The third-order valence-corrected chi connectivity index (χ3v) is 5.03. The Kier molecular flexibility index (Phi) is 5.86. The number of carbonyl (C=O) groups is 2. The zero-order valence-corrected chi connectivity index (χ0v) is 16.1. The molecule has 2 amide bonds. The summed E-state index contributed by atoms with van der Waals surface area (Å²) in [6.07, 6.45) is 2.12. The van der Waals surface area contributed by atoms with Crippen molar-refractivity contribution in [2.75, 3.05) is 13.2 Å². The van der Waals surface area contributed by atoms with Gasteiger partial charge in [-0.15, -0.1) is 0 Å². The summed E-state index contributed by atoms with van der Waals surface area (Å²) in [6, 6.07) is 16.7. The number of ether oxygens (including phenoxy) is 1. The number of benzene rings is 2. The summed E-state index contributed by atoms with van der Waals surface area (Å²) in [5.41, 5.74) is 2.25. The van der Waals surface area contributed by atoms with Crippen LogP contribution in [0, 0.1) is 0 Å². The molecule has 2 aromatic carbocycles. The molecule has 29 heavy (non-hydrogen) atoms. The summed E-state index contributed by atoms with van der Waals surface area (Å²) in [4.78, 5) is 29.5. The molecule has 0 saturated carbocycles. The summed E-state index contributed by atoms with van der Waals surface area (Å²) in [5, 5.41) is 5.84. The van der Waals surface area contributed by atoms with E-state index in [-0.39, 0.29) is 31.0 Å². The second-order valence-electron chi connectivity index (χ2n) is 7.09. The summed E-state index contributed by atoms with van der Waals surface area (Å²) in [6.45, 7) is 1.66. The van der Waals surface area contributed by atoms with Crippen molar-refractivity contribution in [1.82, 2.24) is 20.2 Å². The van der Waals surface area contributed by atoms with Crippen LogP contribution in [0.2, 0.25) is 0 Å². The van der Waals surface area contributed by atoms with Gasteiger partial charge in [-0.25, -0.2) is 4.98 Å². The van der Waals surface area contributed by atoms with E-state index in [2.05, 4.69) is 15.6 Å². The lowest BCUT2D eigenvalue weighted by molar-refractivity contribution is -0.122. The molecule has 0 radical (unpaired) electrons. The van der Waals surface area contributed by atoms with E-state index in [1.807, 2.05) is 47.0 Å². The Bertz CT molecular complexity index is 994. The molecule has 0 spiro atoms. The van der Waals surface area contributed by atoms with Crippen molar-refractivity contribution < 1.29 is 14.3 Å². The van der Waals surface area contributed by atoms with E-state index < -0.39 is 0 Å². The lowest BCUT2D eigenvalue weighted by Crippen LogP contribution is -2.34. The van der Waals surface area contributed by atoms with Crippen LogP contribution in [0.5, 0.6) is 0 Å². The Morgan fingerprint density at radius 2 is 1.86 bits per heavy atom. The van der Waals surface area contributed by atoms with Crippen molar-refractivity contribution in [2.45, 2.75) is 32.0 Å². The number of rotatable bonds is 7. The normalized spacial score (nSPS) is 16.1. The average molecular weight is 392 g/mol. The SMILES string of the molecule is O=C(Cn1c(CNC(=O)c2ccccc2)nc2ccccc21)NCC1CCCO1. The predicted molar refractivity (Wildman–Crippen MR) is 109 cm³/mol. The molecule has 3 aromatic rings. The van der Waals surface area contributed by atoms with Gasteiger partial charge in [0.1, 0.15) is 12.4 Å². The van der Waals surface area contributed by atoms with E-state index in [0.29, 0.717) is 17.9 Å². The van der Waals surface area contributed by atoms with Crippen LogP contribution in [0.3, 0.4) is 0 Å². The van der Waals surface area contributed by atoms with Gasteiger partial charge in [0.05, 0.1) is 23.7 Å². The molecule has 1 fully saturated rings. The van der Waals surface area contributed by atoms with Crippen LogP contribution in [-0.2, 0) is 22.6 Å². The first-order chi connectivity index (χ1) is 14.2. The minimum absolute atomic E-state index is 0.0979. The number of hydrogen-bond donors (Lipinski definition) is 2. The smallest absolute Gasteiger partial charge is 0.251 e. The number of fused-ring (bicyclic) bond motifs is 1. The van der Waals surface area contributed by atoms with Crippen molar-refractivity contribution in [3.63, 3.8) is 0 Å². The Labute approximate surface area is 169 Å².